The number of oxime groups is 1. The van der Waals surface area contributed by atoms with Crippen LogP contribution >= 0.6 is 0 Å². The highest BCUT2D eigenvalue weighted by atomic mass is 16.4. The molecule has 5 nitrogen and oxygen atoms in total. The zero-order valence-corrected chi connectivity index (χ0v) is 13.0. The summed E-state index contributed by atoms with van der Waals surface area (Å²) in [5.74, 6) is 1.10. The zero-order valence-electron chi connectivity index (χ0n) is 13.0. The number of nitrogens with two attached hydrogens (primary N) is 1. The van der Waals surface area contributed by atoms with Crippen molar-refractivity contribution in [2.24, 2.45) is 22.7 Å². The van der Waals surface area contributed by atoms with E-state index in [2.05, 4.69) is 12.1 Å². The van der Waals surface area contributed by atoms with Crippen molar-refractivity contribution >= 4 is 11.7 Å². The van der Waals surface area contributed by atoms with Gasteiger partial charge in [-0.3, -0.25) is 4.79 Å². The van der Waals surface area contributed by atoms with E-state index in [1.165, 1.54) is 19.3 Å². The molecular formula is C15H29N3O2. The molecule has 0 saturated heterocycles. The van der Waals surface area contributed by atoms with Gasteiger partial charge in [0, 0.05) is 13.0 Å². The predicted octanol–water partition coefficient (Wildman–Crippen LogP) is 2.58. The van der Waals surface area contributed by atoms with Crippen LogP contribution in [0.1, 0.15) is 58.8 Å². The van der Waals surface area contributed by atoms with Gasteiger partial charge in [0.25, 0.3) is 0 Å². The number of hydrogen-bond donors (Lipinski definition) is 2. The van der Waals surface area contributed by atoms with Crippen molar-refractivity contribution in [1.82, 2.24) is 4.90 Å². The Kier molecular flexibility index (Phi) is 6.82. The lowest BCUT2D eigenvalue weighted by Gasteiger charge is -2.32. The Balaban J connectivity index is 2.46. The third kappa shape index (κ3) is 4.39. The van der Waals surface area contributed by atoms with E-state index in [1.807, 2.05) is 0 Å². The SMILES string of the molecule is CCCCC1CCC(C(=O)N(C)C(C)C(N)=NO)CC1. The molecule has 3 N–H and O–H groups in total. The zero-order chi connectivity index (χ0) is 15.1. The second-order valence-corrected chi connectivity index (χ2v) is 6.01. The Morgan fingerprint density at radius 1 is 1.40 bits per heavy atom. The average Bonchev–Trinajstić information content (AvgIpc) is 2.50. The number of unbranched alkanes of at least 4 members (excludes halogenated alkanes) is 1. The van der Waals surface area contributed by atoms with Gasteiger partial charge in [0.2, 0.25) is 5.91 Å². The summed E-state index contributed by atoms with van der Waals surface area (Å²) in [6.07, 6.45) is 8.10. The van der Waals surface area contributed by atoms with Crippen molar-refractivity contribution in [2.75, 3.05) is 7.05 Å². The topological polar surface area (TPSA) is 78.9 Å². The maximum atomic E-state index is 12.4. The first-order valence-corrected chi connectivity index (χ1v) is 7.75. The van der Waals surface area contributed by atoms with Gasteiger partial charge in [0.1, 0.15) is 0 Å². The summed E-state index contributed by atoms with van der Waals surface area (Å²) >= 11 is 0. The molecule has 0 aromatic carbocycles. The lowest BCUT2D eigenvalue weighted by atomic mass is 9.79. The first-order chi connectivity index (χ1) is 9.51. The van der Waals surface area contributed by atoms with E-state index < -0.39 is 0 Å². The molecule has 0 radical (unpaired) electrons. The van der Waals surface area contributed by atoms with E-state index in [9.17, 15) is 4.79 Å². The van der Waals surface area contributed by atoms with Crippen LogP contribution in [0.15, 0.2) is 5.16 Å². The Labute approximate surface area is 122 Å². The van der Waals surface area contributed by atoms with Crippen LogP contribution in [-0.4, -0.2) is 34.9 Å². The van der Waals surface area contributed by atoms with E-state index in [-0.39, 0.29) is 23.7 Å². The van der Waals surface area contributed by atoms with Crippen LogP contribution in [0.2, 0.25) is 0 Å². The maximum Gasteiger partial charge on any atom is 0.226 e. The quantitative estimate of drug-likeness (QED) is 0.340. The normalized spacial score (nSPS) is 25.2. The lowest BCUT2D eigenvalue weighted by Crippen LogP contribution is -2.46. The Hall–Kier alpha value is -1.26. The average molecular weight is 283 g/mol. The van der Waals surface area contributed by atoms with Gasteiger partial charge in [-0.05, 0) is 38.5 Å². The van der Waals surface area contributed by atoms with Gasteiger partial charge in [-0.15, -0.1) is 0 Å². The minimum absolute atomic E-state index is 0.0810. The summed E-state index contributed by atoms with van der Waals surface area (Å²) < 4.78 is 0. The number of rotatable bonds is 6. The summed E-state index contributed by atoms with van der Waals surface area (Å²) in [5.41, 5.74) is 5.57. The van der Waals surface area contributed by atoms with Crippen LogP contribution in [0.25, 0.3) is 0 Å². The van der Waals surface area contributed by atoms with Crippen molar-refractivity contribution in [3.05, 3.63) is 0 Å². The van der Waals surface area contributed by atoms with Gasteiger partial charge in [-0.1, -0.05) is 31.3 Å². The van der Waals surface area contributed by atoms with Gasteiger partial charge < -0.3 is 15.8 Å². The first kappa shape index (κ1) is 16.8. The molecule has 1 fully saturated rings. The first-order valence-electron chi connectivity index (χ1n) is 7.75. The smallest absolute Gasteiger partial charge is 0.226 e. The fourth-order valence-corrected chi connectivity index (χ4v) is 2.95. The van der Waals surface area contributed by atoms with Crippen LogP contribution in [0.5, 0.6) is 0 Å². The molecule has 0 bridgehead atoms. The molecule has 0 heterocycles. The fourth-order valence-electron chi connectivity index (χ4n) is 2.95. The highest BCUT2D eigenvalue weighted by Gasteiger charge is 2.30. The molecule has 1 saturated carbocycles. The van der Waals surface area contributed by atoms with Crippen LogP contribution in [0, 0.1) is 11.8 Å². The number of hydrogen-bond acceptors (Lipinski definition) is 3. The molecule has 1 rings (SSSR count). The standard InChI is InChI=1S/C15H29N3O2/c1-4-5-6-12-7-9-13(10-8-12)15(19)18(3)11(2)14(16)17-20/h11-13,20H,4-10H2,1-3H3,(H2,16,17). The predicted molar refractivity (Wildman–Crippen MR) is 80.6 cm³/mol. The van der Waals surface area contributed by atoms with Crippen molar-refractivity contribution < 1.29 is 10.0 Å². The Bertz CT molecular complexity index is 336. The van der Waals surface area contributed by atoms with E-state index in [0.717, 1.165) is 31.6 Å². The number of carbonyl (C=O) groups excluding carboxylic acids is 1. The number of likely N-dealkylation sites (N-methyl/N-ethyl adjacent to an activating group) is 1. The molecule has 0 aliphatic heterocycles. The Morgan fingerprint density at radius 3 is 2.50 bits per heavy atom. The highest BCUT2D eigenvalue weighted by molar-refractivity contribution is 5.90. The summed E-state index contributed by atoms with van der Waals surface area (Å²) in [5, 5.41) is 11.7. The van der Waals surface area contributed by atoms with Crippen molar-refractivity contribution in [3.8, 4) is 0 Å². The molecule has 5 heteroatoms. The Morgan fingerprint density at radius 2 is 2.00 bits per heavy atom. The summed E-state index contributed by atoms with van der Waals surface area (Å²) in [6.45, 7) is 4.00. The molecule has 20 heavy (non-hydrogen) atoms. The minimum Gasteiger partial charge on any atom is -0.409 e. The minimum atomic E-state index is -0.356. The summed E-state index contributed by atoms with van der Waals surface area (Å²) in [4.78, 5) is 14.0. The number of carbonyl (C=O) groups is 1. The van der Waals surface area contributed by atoms with Crippen LogP contribution < -0.4 is 5.73 Å². The van der Waals surface area contributed by atoms with Crippen LogP contribution in [0.3, 0.4) is 0 Å². The highest BCUT2D eigenvalue weighted by Crippen LogP contribution is 2.32. The molecule has 1 aliphatic carbocycles. The van der Waals surface area contributed by atoms with Gasteiger partial charge >= 0.3 is 0 Å². The molecule has 0 spiro atoms. The number of nitrogens with zero attached hydrogens (tertiary/aromatic N) is 2. The second kappa shape index (κ2) is 8.12. The lowest BCUT2D eigenvalue weighted by molar-refractivity contribution is -0.136. The van der Waals surface area contributed by atoms with E-state index in [4.69, 9.17) is 10.9 Å². The van der Waals surface area contributed by atoms with Gasteiger partial charge in [0.15, 0.2) is 5.84 Å². The second-order valence-electron chi connectivity index (χ2n) is 6.01. The van der Waals surface area contributed by atoms with Crippen molar-refractivity contribution in [3.63, 3.8) is 0 Å². The molecular weight excluding hydrogens is 254 g/mol. The van der Waals surface area contributed by atoms with Gasteiger partial charge in [0.05, 0.1) is 6.04 Å². The molecule has 1 aliphatic rings. The molecule has 1 unspecified atom stereocenters. The van der Waals surface area contributed by atoms with E-state index in [0.29, 0.717) is 0 Å². The van der Waals surface area contributed by atoms with E-state index in [1.54, 1.807) is 18.9 Å². The molecule has 1 amide bonds. The maximum absolute atomic E-state index is 12.4. The van der Waals surface area contributed by atoms with Gasteiger partial charge in [-0.25, -0.2) is 0 Å². The molecule has 0 aromatic heterocycles. The number of amidine groups is 1. The largest absolute Gasteiger partial charge is 0.409 e. The van der Waals surface area contributed by atoms with Crippen LogP contribution in [0.4, 0.5) is 0 Å². The third-order valence-corrected chi connectivity index (χ3v) is 4.63. The van der Waals surface area contributed by atoms with E-state index >= 15 is 0 Å². The molecule has 0 aromatic rings. The monoisotopic (exact) mass is 283 g/mol. The summed E-state index contributed by atoms with van der Waals surface area (Å²) in [7, 11) is 1.73. The summed E-state index contributed by atoms with van der Waals surface area (Å²) in [6, 6.07) is -0.356. The molecule has 116 valence electrons. The third-order valence-electron chi connectivity index (χ3n) is 4.63. The number of amides is 1. The fraction of sp³-hybridized carbons (Fsp3) is 0.867. The van der Waals surface area contributed by atoms with Crippen molar-refractivity contribution in [1.29, 1.82) is 0 Å². The van der Waals surface area contributed by atoms with Gasteiger partial charge in [-0.2, -0.15) is 0 Å². The van der Waals surface area contributed by atoms with Crippen LogP contribution in [-0.2, 0) is 4.79 Å². The molecule has 1 atom stereocenters. The van der Waals surface area contributed by atoms with Crippen molar-refractivity contribution in [2.45, 2.75) is 64.8 Å².